The average Bonchev–Trinajstić information content (AvgIpc) is 2.73. The van der Waals surface area contributed by atoms with E-state index in [4.69, 9.17) is 16.3 Å². The van der Waals surface area contributed by atoms with Crippen LogP contribution in [0.5, 0.6) is 5.75 Å². The Labute approximate surface area is 132 Å². The van der Waals surface area contributed by atoms with Gasteiger partial charge in [0.2, 0.25) is 0 Å². The lowest BCUT2D eigenvalue weighted by molar-refractivity contribution is 0.415. The molecule has 20 heavy (non-hydrogen) atoms. The molecule has 0 saturated carbocycles. The summed E-state index contributed by atoms with van der Waals surface area (Å²) in [6.45, 7) is 2.65. The summed E-state index contributed by atoms with van der Waals surface area (Å²) in [7, 11) is 3.56. The minimum absolute atomic E-state index is 0.605. The molecule has 0 aliphatic heterocycles. The van der Waals surface area contributed by atoms with Crippen LogP contribution in [0.25, 0.3) is 0 Å². The van der Waals surface area contributed by atoms with E-state index in [2.05, 4.69) is 26.3 Å². The molecule has 0 bridgehead atoms. The number of halogens is 2. The number of ether oxygens (including phenoxy) is 1. The third-order valence-electron chi connectivity index (χ3n) is 3.12. The largest absolute Gasteiger partial charge is 0.497 e. The van der Waals surface area contributed by atoms with Crippen molar-refractivity contribution in [1.29, 1.82) is 0 Å². The summed E-state index contributed by atoms with van der Waals surface area (Å²) in [6.07, 6.45) is 0.829. The maximum Gasteiger partial charge on any atom is 0.121 e. The van der Waals surface area contributed by atoms with E-state index < -0.39 is 0 Å². The molecular weight excluding hydrogens is 342 g/mol. The van der Waals surface area contributed by atoms with E-state index >= 15 is 0 Å². The number of nitrogens with zero attached hydrogens (tertiary/aromatic N) is 2. The number of benzene rings is 1. The van der Waals surface area contributed by atoms with E-state index in [-0.39, 0.29) is 0 Å². The number of hydrogen-bond donors (Lipinski definition) is 1. The quantitative estimate of drug-likeness (QED) is 0.877. The van der Waals surface area contributed by atoms with Crippen LogP contribution >= 0.6 is 27.5 Å². The highest BCUT2D eigenvalue weighted by atomic mass is 79.9. The molecule has 0 saturated heterocycles. The van der Waals surface area contributed by atoms with Crippen molar-refractivity contribution in [2.45, 2.75) is 19.9 Å². The topological polar surface area (TPSA) is 39.1 Å². The lowest BCUT2D eigenvalue weighted by Gasteiger charge is -2.11. The zero-order valence-corrected chi connectivity index (χ0v) is 14.0. The van der Waals surface area contributed by atoms with Crippen molar-refractivity contribution in [3.8, 4) is 5.75 Å². The predicted molar refractivity (Wildman–Crippen MR) is 85.6 cm³/mol. The third-order valence-corrected chi connectivity index (χ3v) is 4.25. The molecule has 2 rings (SSSR count). The van der Waals surface area contributed by atoms with Crippen molar-refractivity contribution in [1.82, 2.24) is 9.78 Å². The van der Waals surface area contributed by atoms with Gasteiger partial charge in [-0.15, -0.1) is 0 Å². The summed E-state index contributed by atoms with van der Waals surface area (Å²) < 4.78 is 8.03. The zero-order chi connectivity index (χ0) is 14.7. The van der Waals surface area contributed by atoms with Crippen LogP contribution in [0.2, 0.25) is 5.02 Å². The van der Waals surface area contributed by atoms with E-state index in [1.807, 2.05) is 36.9 Å². The zero-order valence-electron chi connectivity index (χ0n) is 11.7. The van der Waals surface area contributed by atoms with Crippen LogP contribution in [0.4, 0.5) is 5.69 Å². The lowest BCUT2D eigenvalue weighted by atomic mass is 10.2. The van der Waals surface area contributed by atoms with Gasteiger partial charge >= 0.3 is 0 Å². The van der Waals surface area contributed by atoms with Crippen molar-refractivity contribution in [2.24, 2.45) is 7.05 Å². The van der Waals surface area contributed by atoms with Crippen molar-refractivity contribution in [3.05, 3.63) is 39.1 Å². The molecule has 1 heterocycles. The number of aromatic nitrogens is 2. The summed E-state index contributed by atoms with van der Waals surface area (Å²) in [5, 5.41) is 8.49. The Kier molecular flexibility index (Phi) is 4.94. The minimum Gasteiger partial charge on any atom is -0.497 e. The maximum atomic E-state index is 6.33. The van der Waals surface area contributed by atoms with E-state index in [9.17, 15) is 0 Å². The number of hydrogen-bond acceptors (Lipinski definition) is 3. The molecule has 0 unspecified atom stereocenters. The van der Waals surface area contributed by atoms with Gasteiger partial charge in [0, 0.05) is 17.6 Å². The minimum atomic E-state index is 0.605. The summed E-state index contributed by atoms with van der Waals surface area (Å²) in [4.78, 5) is 0. The molecule has 108 valence electrons. The van der Waals surface area contributed by atoms with Crippen LogP contribution in [0.3, 0.4) is 0 Å². The van der Waals surface area contributed by atoms with Gasteiger partial charge in [0.15, 0.2) is 0 Å². The summed E-state index contributed by atoms with van der Waals surface area (Å²) in [6, 6.07) is 5.79. The fourth-order valence-corrected chi connectivity index (χ4v) is 2.71. The van der Waals surface area contributed by atoms with Crippen LogP contribution in [0.15, 0.2) is 22.7 Å². The van der Waals surface area contributed by atoms with Crippen LogP contribution < -0.4 is 10.1 Å². The summed E-state index contributed by atoms with van der Waals surface area (Å²) in [5.41, 5.74) is 2.86. The lowest BCUT2D eigenvalue weighted by Crippen LogP contribution is -2.06. The van der Waals surface area contributed by atoms with Gasteiger partial charge in [-0.2, -0.15) is 5.10 Å². The number of nitrogens with one attached hydrogen (secondary N) is 1. The molecule has 2 aromatic rings. The van der Waals surface area contributed by atoms with Crippen molar-refractivity contribution >= 4 is 33.2 Å². The van der Waals surface area contributed by atoms with Gasteiger partial charge in [0.1, 0.15) is 5.75 Å². The molecule has 0 aliphatic rings. The van der Waals surface area contributed by atoms with E-state index in [1.54, 1.807) is 7.11 Å². The van der Waals surface area contributed by atoms with Gasteiger partial charge in [0.05, 0.1) is 35.8 Å². The van der Waals surface area contributed by atoms with E-state index in [0.717, 1.165) is 38.7 Å². The van der Waals surface area contributed by atoms with Crippen molar-refractivity contribution in [3.63, 3.8) is 0 Å². The third kappa shape index (κ3) is 3.10. The molecular formula is C14H17BrClN3O. The summed E-state index contributed by atoms with van der Waals surface area (Å²) in [5.74, 6) is 0.807. The first-order valence-electron chi connectivity index (χ1n) is 6.34. The van der Waals surface area contributed by atoms with Gasteiger partial charge in [0.25, 0.3) is 0 Å². The number of rotatable bonds is 5. The van der Waals surface area contributed by atoms with E-state index in [1.165, 1.54) is 0 Å². The second-order valence-electron chi connectivity index (χ2n) is 4.38. The van der Waals surface area contributed by atoms with Gasteiger partial charge in [-0.25, -0.2) is 0 Å². The molecule has 0 radical (unpaired) electrons. The smallest absolute Gasteiger partial charge is 0.121 e. The van der Waals surface area contributed by atoms with E-state index in [0.29, 0.717) is 6.54 Å². The highest BCUT2D eigenvalue weighted by molar-refractivity contribution is 9.10. The average molecular weight is 359 g/mol. The Balaban J connectivity index is 2.18. The molecule has 0 spiro atoms. The Morgan fingerprint density at radius 2 is 2.20 bits per heavy atom. The fraction of sp³-hybridized carbons (Fsp3) is 0.357. The fourth-order valence-electron chi connectivity index (χ4n) is 1.96. The molecule has 6 heteroatoms. The van der Waals surface area contributed by atoms with Crippen molar-refractivity contribution < 1.29 is 4.74 Å². The Morgan fingerprint density at radius 1 is 1.45 bits per heavy atom. The number of methoxy groups -OCH3 is 1. The second-order valence-corrected chi connectivity index (χ2v) is 5.62. The monoisotopic (exact) mass is 357 g/mol. The first-order valence-corrected chi connectivity index (χ1v) is 7.51. The Hall–Kier alpha value is -1.20. The Morgan fingerprint density at radius 3 is 2.80 bits per heavy atom. The summed E-state index contributed by atoms with van der Waals surface area (Å²) >= 11 is 9.85. The molecule has 1 aromatic heterocycles. The van der Waals surface area contributed by atoms with Gasteiger partial charge < -0.3 is 10.1 Å². The first kappa shape index (κ1) is 15.2. The molecule has 0 atom stereocenters. The Bertz CT molecular complexity index is 613. The maximum absolute atomic E-state index is 6.33. The molecule has 0 fully saturated rings. The van der Waals surface area contributed by atoms with Crippen LogP contribution in [0, 0.1) is 0 Å². The molecule has 1 aromatic carbocycles. The number of anilines is 1. The SMILES string of the molecule is CCc1nn(C)c(CNc2cc(OC)ccc2Br)c1Cl. The standard InChI is InChI=1S/C14H17BrClN3O/c1-4-11-14(16)13(19(2)18-11)8-17-12-7-9(20-3)5-6-10(12)15/h5-7,17H,4,8H2,1-3H3. The van der Waals surface area contributed by atoms with Gasteiger partial charge in [-0.1, -0.05) is 18.5 Å². The van der Waals surface area contributed by atoms with Gasteiger partial charge in [-0.3, -0.25) is 4.68 Å². The van der Waals surface area contributed by atoms with Gasteiger partial charge in [-0.05, 0) is 34.5 Å². The highest BCUT2D eigenvalue weighted by Gasteiger charge is 2.13. The predicted octanol–water partition coefficient (Wildman–Crippen LogP) is 4.02. The second kappa shape index (κ2) is 6.50. The molecule has 4 nitrogen and oxygen atoms in total. The number of aryl methyl sites for hydroxylation is 2. The molecule has 0 amide bonds. The normalized spacial score (nSPS) is 10.7. The molecule has 0 aliphatic carbocycles. The van der Waals surface area contributed by atoms with Crippen LogP contribution in [-0.2, 0) is 20.0 Å². The van der Waals surface area contributed by atoms with Crippen LogP contribution in [-0.4, -0.2) is 16.9 Å². The van der Waals surface area contributed by atoms with Crippen molar-refractivity contribution in [2.75, 3.05) is 12.4 Å². The highest BCUT2D eigenvalue weighted by Crippen LogP contribution is 2.28. The molecule has 1 N–H and O–H groups in total. The first-order chi connectivity index (χ1) is 9.56. The van der Waals surface area contributed by atoms with Crippen LogP contribution in [0.1, 0.15) is 18.3 Å².